The fraction of sp³-hybridized carbons (Fsp3) is 0.400. The number of carbonyl (C=O) groups excluding carboxylic acids is 1. The monoisotopic (exact) mass is 449 g/mol. The lowest BCUT2D eigenvalue weighted by Gasteiger charge is -2.35. The Morgan fingerprint density at radius 3 is 2.30 bits per heavy atom. The Morgan fingerprint density at radius 1 is 1.00 bits per heavy atom. The third-order valence-electron chi connectivity index (χ3n) is 5.84. The molecule has 3 aromatic rings. The lowest BCUT2D eigenvalue weighted by atomic mass is 10.0. The second-order valence-corrected chi connectivity index (χ2v) is 8.62. The first kappa shape index (κ1) is 22.6. The molecule has 1 aromatic heterocycles. The van der Waals surface area contributed by atoms with E-state index in [2.05, 4.69) is 46.2 Å². The van der Waals surface area contributed by atoms with Crippen LogP contribution in [0.2, 0.25) is 0 Å². The highest BCUT2D eigenvalue weighted by molar-refractivity contribution is 5.92. The molecule has 8 heteroatoms. The summed E-state index contributed by atoms with van der Waals surface area (Å²) in [6.45, 7) is 6.98. The summed E-state index contributed by atoms with van der Waals surface area (Å²) in [6, 6.07) is 11.8. The molecule has 1 aliphatic heterocycles. The number of piperazine rings is 1. The molecule has 0 bridgehead atoms. The molecule has 33 heavy (non-hydrogen) atoms. The maximum absolute atomic E-state index is 12.8. The molecule has 1 aliphatic rings. The fourth-order valence-corrected chi connectivity index (χ4v) is 4.14. The third-order valence-corrected chi connectivity index (χ3v) is 5.84. The van der Waals surface area contributed by atoms with Crippen LogP contribution in [0.4, 0.5) is 16.3 Å². The largest absolute Gasteiger partial charge is 0.493 e. The molecule has 0 aliphatic carbocycles. The van der Waals surface area contributed by atoms with Crippen LogP contribution in [0.25, 0.3) is 10.9 Å². The Balaban J connectivity index is 1.41. The van der Waals surface area contributed by atoms with Crippen molar-refractivity contribution in [2.75, 3.05) is 50.6 Å². The summed E-state index contributed by atoms with van der Waals surface area (Å²) < 4.78 is 10.8. The number of anilines is 2. The minimum absolute atomic E-state index is 0.0785. The van der Waals surface area contributed by atoms with Gasteiger partial charge in [-0.1, -0.05) is 26.0 Å². The van der Waals surface area contributed by atoms with Crippen LogP contribution in [-0.2, 0) is 6.42 Å². The standard InChI is InChI=1S/C25H31N5O3/c1-17(2)13-18-5-7-19(8-6-18)28-25(31)30-11-9-29(10-12-30)24-20-14-22(32-3)23(33-4)15-21(20)26-16-27-24/h5-8,14-17H,9-13H2,1-4H3,(H,28,31). The molecule has 1 N–H and O–H groups in total. The zero-order valence-corrected chi connectivity index (χ0v) is 19.7. The molecule has 0 saturated carbocycles. The van der Waals surface area contributed by atoms with Crippen LogP contribution < -0.4 is 19.7 Å². The highest BCUT2D eigenvalue weighted by Gasteiger charge is 2.24. The van der Waals surface area contributed by atoms with Crippen LogP contribution in [-0.4, -0.2) is 61.3 Å². The molecular weight excluding hydrogens is 418 g/mol. The van der Waals surface area contributed by atoms with Gasteiger partial charge < -0.3 is 24.6 Å². The van der Waals surface area contributed by atoms with Crippen molar-refractivity contribution < 1.29 is 14.3 Å². The fourth-order valence-electron chi connectivity index (χ4n) is 4.14. The minimum atomic E-state index is -0.0785. The topological polar surface area (TPSA) is 79.8 Å². The van der Waals surface area contributed by atoms with E-state index in [9.17, 15) is 4.79 Å². The van der Waals surface area contributed by atoms with Crippen molar-refractivity contribution in [3.63, 3.8) is 0 Å². The first-order chi connectivity index (χ1) is 16.0. The summed E-state index contributed by atoms with van der Waals surface area (Å²) in [5, 5.41) is 3.91. The molecule has 2 aromatic carbocycles. The summed E-state index contributed by atoms with van der Waals surface area (Å²) >= 11 is 0. The number of nitrogens with zero attached hydrogens (tertiary/aromatic N) is 4. The van der Waals surface area contributed by atoms with Crippen molar-refractivity contribution in [1.82, 2.24) is 14.9 Å². The van der Waals surface area contributed by atoms with Gasteiger partial charge in [0.2, 0.25) is 0 Å². The number of ether oxygens (including phenoxy) is 2. The summed E-state index contributed by atoms with van der Waals surface area (Å²) in [6.07, 6.45) is 2.60. The van der Waals surface area contributed by atoms with E-state index in [0.29, 0.717) is 43.6 Å². The van der Waals surface area contributed by atoms with Gasteiger partial charge in [0.1, 0.15) is 12.1 Å². The molecular formula is C25H31N5O3. The number of nitrogens with one attached hydrogen (secondary N) is 1. The lowest BCUT2D eigenvalue weighted by Crippen LogP contribution is -2.50. The molecule has 2 amide bonds. The van der Waals surface area contributed by atoms with E-state index in [4.69, 9.17) is 9.47 Å². The maximum atomic E-state index is 12.8. The van der Waals surface area contributed by atoms with Crippen LogP contribution >= 0.6 is 0 Å². The number of hydrogen-bond acceptors (Lipinski definition) is 6. The molecule has 2 heterocycles. The number of amides is 2. The number of methoxy groups -OCH3 is 2. The predicted molar refractivity (Wildman–Crippen MR) is 130 cm³/mol. The quantitative estimate of drug-likeness (QED) is 0.608. The average Bonchev–Trinajstić information content (AvgIpc) is 2.83. The van der Waals surface area contributed by atoms with Crippen molar-refractivity contribution in [2.45, 2.75) is 20.3 Å². The number of fused-ring (bicyclic) bond motifs is 1. The molecule has 0 atom stereocenters. The van der Waals surface area contributed by atoms with Crippen LogP contribution in [0, 0.1) is 5.92 Å². The summed E-state index contributed by atoms with van der Waals surface area (Å²) in [7, 11) is 3.22. The molecule has 4 rings (SSSR count). The Hall–Kier alpha value is -3.55. The van der Waals surface area contributed by atoms with E-state index in [-0.39, 0.29) is 6.03 Å². The van der Waals surface area contributed by atoms with E-state index in [0.717, 1.165) is 28.8 Å². The van der Waals surface area contributed by atoms with Gasteiger partial charge in [-0.05, 0) is 36.1 Å². The van der Waals surface area contributed by atoms with Gasteiger partial charge in [0.25, 0.3) is 0 Å². The van der Waals surface area contributed by atoms with Crippen molar-refractivity contribution in [2.24, 2.45) is 5.92 Å². The van der Waals surface area contributed by atoms with Gasteiger partial charge in [-0.25, -0.2) is 14.8 Å². The number of rotatable bonds is 6. The highest BCUT2D eigenvalue weighted by atomic mass is 16.5. The first-order valence-corrected chi connectivity index (χ1v) is 11.2. The van der Waals surface area contributed by atoms with Gasteiger partial charge >= 0.3 is 6.03 Å². The minimum Gasteiger partial charge on any atom is -0.493 e. The van der Waals surface area contributed by atoms with Crippen LogP contribution in [0.15, 0.2) is 42.7 Å². The van der Waals surface area contributed by atoms with E-state index in [1.54, 1.807) is 20.5 Å². The second kappa shape index (κ2) is 9.94. The molecule has 1 fully saturated rings. The third kappa shape index (κ3) is 5.10. The number of benzene rings is 2. The average molecular weight is 450 g/mol. The van der Waals surface area contributed by atoms with Crippen molar-refractivity contribution in [3.8, 4) is 11.5 Å². The molecule has 8 nitrogen and oxygen atoms in total. The zero-order valence-electron chi connectivity index (χ0n) is 19.7. The number of aromatic nitrogens is 2. The SMILES string of the molecule is COc1cc2ncnc(N3CCN(C(=O)Nc4ccc(CC(C)C)cc4)CC3)c2cc1OC. The van der Waals surface area contributed by atoms with Crippen LogP contribution in [0.3, 0.4) is 0 Å². The van der Waals surface area contributed by atoms with Gasteiger partial charge in [0, 0.05) is 43.3 Å². The van der Waals surface area contributed by atoms with Crippen LogP contribution in [0.1, 0.15) is 19.4 Å². The lowest BCUT2D eigenvalue weighted by molar-refractivity contribution is 0.208. The van der Waals surface area contributed by atoms with E-state index in [1.165, 1.54) is 5.56 Å². The summed E-state index contributed by atoms with van der Waals surface area (Å²) in [4.78, 5) is 25.7. The molecule has 0 radical (unpaired) electrons. The first-order valence-electron chi connectivity index (χ1n) is 11.2. The molecule has 0 unspecified atom stereocenters. The summed E-state index contributed by atoms with van der Waals surface area (Å²) in [5.74, 6) is 2.71. The smallest absolute Gasteiger partial charge is 0.321 e. The van der Waals surface area contributed by atoms with Crippen LogP contribution in [0.5, 0.6) is 11.5 Å². The van der Waals surface area contributed by atoms with E-state index >= 15 is 0 Å². The van der Waals surface area contributed by atoms with Crippen molar-refractivity contribution in [1.29, 1.82) is 0 Å². The van der Waals surface area contributed by atoms with Gasteiger partial charge in [0.05, 0.1) is 19.7 Å². The highest BCUT2D eigenvalue weighted by Crippen LogP contribution is 2.34. The summed E-state index contributed by atoms with van der Waals surface area (Å²) in [5.41, 5.74) is 2.89. The number of carbonyl (C=O) groups is 1. The molecule has 0 spiro atoms. The predicted octanol–water partition coefficient (Wildman–Crippen LogP) is 4.20. The normalized spacial score (nSPS) is 14.0. The molecule has 174 valence electrons. The number of urea groups is 1. The van der Waals surface area contributed by atoms with Gasteiger partial charge in [-0.15, -0.1) is 0 Å². The Bertz CT molecular complexity index is 1110. The molecule has 1 saturated heterocycles. The van der Waals surface area contributed by atoms with Gasteiger partial charge in [0.15, 0.2) is 11.5 Å². The van der Waals surface area contributed by atoms with Crippen molar-refractivity contribution >= 4 is 28.4 Å². The Labute approximate surface area is 194 Å². The Morgan fingerprint density at radius 2 is 1.67 bits per heavy atom. The maximum Gasteiger partial charge on any atom is 0.321 e. The number of hydrogen-bond donors (Lipinski definition) is 1. The van der Waals surface area contributed by atoms with E-state index in [1.807, 2.05) is 29.2 Å². The van der Waals surface area contributed by atoms with E-state index < -0.39 is 0 Å². The van der Waals surface area contributed by atoms with Gasteiger partial charge in [-0.3, -0.25) is 0 Å². The zero-order chi connectivity index (χ0) is 23.4. The van der Waals surface area contributed by atoms with Crippen molar-refractivity contribution in [3.05, 3.63) is 48.3 Å². The Kier molecular flexibility index (Phi) is 6.82. The van der Waals surface area contributed by atoms with Gasteiger partial charge in [-0.2, -0.15) is 0 Å². The second-order valence-electron chi connectivity index (χ2n) is 8.62.